The Morgan fingerprint density at radius 2 is 1.74 bits per heavy atom. The van der Waals surface area contributed by atoms with Crippen molar-refractivity contribution >= 4 is 21.0 Å². The molecule has 228 valence electrons. The SMILES string of the molecule is CC.COC(=O)OC12COC1CC(C)C(C)(C(=O)C(C)C)C2C(C)CC1(O[SiH](C)C)CC(C)C(C)=CC1(C)C.[2HH]. The van der Waals surface area contributed by atoms with Crippen LogP contribution in [0.2, 0.25) is 13.1 Å². The topological polar surface area (TPSA) is 71.1 Å². The molecule has 2 fully saturated rings. The molecule has 0 N–H and O–H groups in total. The Hall–Kier alpha value is -1.18. The number of hydrogen-bond donors (Lipinski definition) is 0. The number of Topliss-reactive ketones (excluding diaryl/α,β-unsaturated/α-hetero) is 1. The molecule has 0 amide bonds. The van der Waals surface area contributed by atoms with Gasteiger partial charge in [0.05, 0.1) is 19.3 Å². The zero-order valence-corrected chi connectivity index (χ0v) is 28.6. The zero-order valence-electron chi connectivity index (χ0n) is 27.4. The first kappa shape index (κ1) is 34.0. The molecule has 1 heterocycles. The molecule has 2 aliphatic carbocycles. The quantitative estimate of drug-likeness (QED) is 0.168. The predicted octanol–water partition coefficient (Wildman–Crippen LogP) is 7.84. The van der Waals surface area contributed by atoms with Gasteiger partial charge in [-0.25, -0.2) is 4.79 Å². The lowest BCUT2D eigenvalue weighted by atomic mass is 9.47. The number of carbonyl (C=O) groups is 2. The molecule has 7 heteroatoms. The van der Waals surface area contributed by atoms with E-state index < -0.39 is 26.2 Å². The normalized spacial score (nSPS) is 38.0. The number of ether oxygens (including phenoxy) is 3. The smallest absolute Gasteiger partial charge is 0.438 e. The maximum absolute atomic E-state index is 14.0. The summed E-state index contributed by atoms with van der Waals surface area (Å²) in [7, 11) is -0.0701. The number of fused-ring (bicyclic) bond motifs is 1. The van der Waals surface area contributed by atoms with Crippen LogP contribution in [-0.2, 0) is 23.4 Å². The molecule has 0 aromatic rings. The zero-order chi connectivity index (χ0) is 30.1. The number of ketones is 1. The van der Waals surface area contributed by atoms with Gasteiger partial charge < -0.3 is 18.6 Å². The Morgan fingerprint density at radius 1 is 1.15 bits per heavy atom. The third-order valence-corrected chi connectivity index (χ3v) is 11.1. The van der Waals surface area contributed by atoms with E-state index in [4.69, 9.17) is 18.6 Å². The average molecular weight is 570 g/mol. The molecule has 3 aliphatic rings. The van der Waals surface area contributed by atoms with Crippen LogP contribution in [0.3, 0.4) is 0 Å². The summed E-state index contributed by atoms with van der Waals surface area (Å²) < 4.78 is 24.2. The second-order valence-electron chi connectivity index (χ2n) is 13.8. The van der Waals surface area contributed by atoms with Crippen LogP contribution in [0, 0.1) is 40.4 Å². The summed E-state index contributed by atoms with van der Waals surface area (Å²) in [5, 5.41) is 0. The van der Waals surface area contributed by atoms with Gasteiger partial charge in [-0.15, -0.1) is 0 Å². The summed E-state index contributed by atoms with van der Waals surface area (Å²) in [4.78, 5) is 26.6. The molecule has 3 rings (SSSR count). The van der Waals surface area contributed by atoms with Crippen LogP contribution in [-0.4, -0.2) is 52.0 Å². The van der Waals surface area contributed by atoms with Gasteiger partial charge in [-0.05, 0) is 57.0 Å². The summed E-state index contributed by atoms with van der Waals surface area (Å²) in [6, 6.07) is 0. The minimum atomic E-state index is -1.41. The van der Waals surface area contributed by atoms with Gasteiger partial charge in [0.2, 0.25) is 0 Å². The Bertz CT molecular complexity index is 919. The molecule has 8 unspecified atom stereocenters. The van der Waals surface area contributed by atoms with Crippen LogP contribution in [0.4, 0.5) is 4.79 Å². The first-order valence-corrected chi connectivity index (χ1v) is 18.1. The molecular weight excluding hydrogens is 508 g/mol. The largest absolute Gasteiger partial charge is 0.508 e. The van der Waals surface area contributed by atoms with Gasteiger partial charge in [-0.2, -0.15) is 0 Å². The van der Waals surface area contributed by atoms with E-state index in [1.54, 1.807) is 0 Å². The molecule has 39 heavy (non-hydrogen) atoms. The van der Waals surface area contributed by atoms with Crippen LogP contribution < -0.4 is 0 Å². The average Bonchev–Trinajstić information content (AvgIpc) is 2.83. The van der Waals surface area contributed by atoms with Crippen LogP contribution >= 0.6 is 0 Å². The summed E-state index contributed by atoms with van der Waals surface area (Å²) >= 11 is 0. The minimum absolute atomic E-state index is 0. The highest BCUT2D eigenvalue weighted by atomic mass is 28.3. The Balaban J connectivity index is 0.00000261. The van der Waals surface area contributed by atoms with E-state index in [-0.39, 0.29) is 48.0 Å². The highest BCUT2D eigenvalue weighted by Crippen LogP contribution is 2.62. The lowest BCUT2D eigenvalue weighted by Gasteiger charge is -2.65. The maximum atomic E-state index is 14.0. The van der Waals surface area contributed by atoms with Crippen molar-refractivity contribution in [2.24, 2.45) is 40.4 Å². The number of hydrogen-bond acceptors (Lipinski definition) is 6. The van der Waals surface area contributed by atoms with Crippen LogP contribution in [0.25, 0.3) is 0 Å². The fraction of sp³-hybridized carbons (Fsp3) is 0.875. The van der Waals surface area contributed by atoms with E-state index in [2.05, 4.69) is 67.6 Å². The van der Waals surface area contributed by atoms with Crippen molar-refractivity contribution in [2.45, 2.75) is 126 Å². The van der Waals surface area contributed by atoms with Gasteiger partial charge in [-0.3, -0.25) is 4.79 Å². The van der Waals surface area contributed by atoms with Crippen molar-refractivity contribution < 1.29 is 29.7 Å². The van der Waals surface area contributed by atoms with Crippen LogP contribution in [0.15, 0.2) is 11.6 Å². The summed E-state index contributed by atoms with van der Waals surface area (Å²) in [6.07, 6.45) is 3.88. The van der Waals surface area contributed by atoms with Crippen molar-refractivity contribution in [3.63, 3.8) is 0 Å². The number of allylic oxidation sites excluding steroid dienone is 1. The second kappa shape index (κ2) is 12.4. The van der Waals surface area contributed by atoms with Gasteiger partial charge in [0.1, 0.15) is 11.9 Å². The molecule has 0 aromatic carbocycles. The molecule has 1 aliphatic heterocycles. The standard InChI is InChI=1S/C30H52O6Si.C2H6.H2/c1-18(2)25(31)28(9)22(6)13-23-30(17-34-23,35-26(32)33-10)24(28)21(5)16-29(36-37(11)12)15-20(4)19(3)14-27(29,7)8;1-2;/h14,18,20-24,37H,13,15-17H2,1-12H3;1-2H3;1H/i;;1+1. The monoisotopic (exact) mass is 569 g/mol. The lowest BCUT2D eigenvalue weighted by Crippen LogP contribution is -2.75. The first-order chi connectivity index (χ1) is 18.0. The molecule has 1 saturated carbocycles. The predicted molar refractivity (Wildman–Crippen MR) is 162 cm³/mol. The molecule has 0 bridgehead atoms. The molecular formula is C32H60O6Si. The fourth-order valence-electron chi connectivity index (χ4n) is 8.19. The summed E-state index contributed by atoms with van der Waals surface area (Å²) in [5.74, 6) is 0.435. The van der Waals surface area contributed by atoms with Crippen molar-refractivity contribution in [1.29, 1.82) is 0 Å². The number of carbonyl (C=O) groups excluding carboxylic acids is 2. The van der Waals surface area contributed by atoms with Crippen LogP contribution in [0.1, 0.15) is 96.9 Å². The summed E-state index contributed by atoms with van der Waals surface area (Å²) in [6.45, 7) is 28.4. The van der Waals surface area contributed by atoms with E-state index in [1.165, 1.54) is 12.7 Å². The number of rotatable bonds is 8. The van der Waals surface area contributed by atoms with Gasteiger partial charge in [0.25, 0.3) is 0 Å². The Labute approximate surface area is 242 Å². The van der Waals surface area contributed by atoms with Crippen molar-refractivity contribution in [3.05, 3.63) is 11.6 Å². The second-order valence-corrected chi connectivity index (χ2v) is 16.1. The maximum Gasteiger partial charge on any atom is 0.508 e. The van der Waals surface area contributed by atoms with E-state index in [0.717, 1.165) is 12.8 Å². The van der Waals surface area contributed by atoms with E-state index in [9.17, 15) is 9.59 Å². The van der Waals surface area contributed by atoms with E-state index >= 15 is 0 Å². The molecule has 6 nitrogen and oxygen atoms in total. The first-order valence-electron chi connectivity index (χ1n) is 15.3. The van der Waals surface area contributed by atoms with Gasteiger partial charge in [0, 0.05) is 24.1 Å². The van der Waals surface area contributed by atoms with Gasteiger partial charge in [0.15, 0.2) is 14.6 Å². The Morgan fingerprint density at radius 3 is 2.21 bits per heavy atom. The van der Waals surface area contributed by atoms with E-state index in [0.29, 0.717) is 18.9 Å². The minimum Gasteiger partial charge on any atom is -0.438 e. The lowest BCUT2D eigenvalue weighted by molar-refractivity contribution is -0.317. The van der Waals surface area contributed by atoms with Crippen molar-refractivity contribution in [3.8, 4) is 0 Å². The Kier molecular flexibility index (Phi) is 10.8. The van der Waals surface area contributed by atoms with Crippen molar-refractivity contribution in [1.82, 2.24) is 0 Å². The highest BCUT2D eigenvalue weighted by molar-refractivity contribution is 6.48. The third-order valence-electron chi connectivity index (χ3n) is 10.2. The molecule has 1 saturated heterocycles. The van der Waals surface area contributed by atoms with Gasteiger partial charge in [-0.1, -0.05) is 80.9 Å². The molecule has 0 aromatic heterocycles. The highest BCUT2D eigenvalue weighted by Gasteiger charge is 2.70. The summed E-state index contributed by atoms with van der Waals surface area (Å²) in [5.41, 5.74) is -0.675. The molecule has 0 spiro atoms. The van der Waals surface area contributed by atoms with Crippen LogP contribution in [0.5, 0.6) is 0 Å². The number of methoxy groups -OCH3 is 1. The van der Waals surface area contributed by atoms with Crippen molar-refractivity contribution in [2.75, 3.05) is 13.7 Å². The van der Waals surface area contributed by atoms with E-state index in [1.807, 2.05) is 27.7 Å². The molecule has 0 radical (unpaired) electrons. The fourth-order valence-corrected chi connectivity index (χ4v) is 9.59. The third kappa shape index (κ3) is 5.92. The van der Waals surface area contributed by atoms with Gasteiger partial charge >= 0.3 is 6.16 Å². The molecule has 8 atom stereocenters.